The first kappa shape index (κ1) is 15.1. The molecule has 21 heavy (non-hydrogen) atoms. The van der Waals surface area contributed by atoms with E-state index in [1.165, 1.54) is 24.5 Å². The minimum absolute atomic E-state index is 0.0776. The van der Waals surface area contributed by atoms with Crippen LogP contribution in [-0.4, -0.2) is 40.8 Å². The molecule has 2 rings (SSSR count). The number of hydrogen-bond acceptors (Lipinski definition) is 5. The van der Waals surface area contributed by atoms with Gasteiger partial charge in [0.15, 0.2) is 0 Å². The highest BCUT2D eigenvalue weighted by Crippen LogP contribution is 2.11. The highest BCUT2D eigenvalue weighted by atomic mass is 32.2. The molecule has 8 nitrogen and oxygen atoms in total. The van der Waals surface area contributed by atoms with Crippen molar-refractivity contribution >= 4 is 16.0 Å². The molecule has 0 bridgehead atoms. The molecule has 1 aromatic carbocycles. The number of aryl methyl sites for hydroxylation is 1. The predicted octanol–water partition coefficient (Wildman–Crippen LogP) is 0.0343. The van der Waals surface area contributed by atoms with Crippen LogP contribution < -0.4 is 4.72 Å². The van der Waals surface area contributed by atoms with Gasteiger partial charge in [-0.25, -0.2) is 17.9 Å². The van der Waals surface area contributed by atoms with Crippen LogP contribution in [0.1, 0.15) is 16.2 Å². The van der Waals surface area contributed by atoms with Gasteiger partial charge in [-0.2, -0.15) is 0 Å². The molecule has 1 aromatic heterocycles. The van der Waals surface area contributed by atoms with Crippen molar-refractivity contribution < 1.29 is 18.3 Å². The van der Waals surface area contributed by atoms with E-state index in [1.54, 1.807) is 11.6 Å². The fourth-order valence-electron chi connectivity index (χ4n) is 1.71. The number of carboxylic acid groups (broad SMARTS) is 1. The lowest BCUT2D eigenvalue weighted by molar-refractivity contribution is 0.0696. The van der Waals surface area contributed by atoms with Gasteiger partial charge in [0.25, 0.3) is 0 Å². The van der Waals surface area contributed by atoms with Crippen molar-refractivity contribution in [2.45, 2.75) is 11.3 Å². The minimum atomic E-state index is -3.75. The second kappa shape index (κ2) is 6.02. The van der Waals surface area contributed by atoms with E-state index in [0.29, 0.717) is 12.2 Å². The molecular weight excluding hydrogens is 296 g/mol. The third-order valence-corrected chi connectivity index (χ3v) is 4.30. The number of rotatable bonds is 6. The Morgan fingerprint density at radius 2 is 2.19 bits per heavy atom. The van der Waals surface area contributed by atoms with Gasteiger partial charge in [-0.05, 0) is 18.2 Å². The van der Waals surface area contributed by atoms with E-state index in [-0.39, 0.29) is 17.0 Å². The molecule has 0 fully saturated rings. The van der Waals surface area contributed by atoms with Gasteiger partial charge in [0.2, 0.25) is 10.0 Å². The lowest BCUT2D eigenvalue weighted by Gasteiger charge is -2.07. The first-order valence-electron chi connectivity index (χ1n) is 6.06. The fourth-order valence-corrected chi connectivity index (χ4v) is 2.79. The van der Waals surface area contributed by atoms with Crippen molar-refractivity contribution in [3.63, 3.8) is 0 Å². The van der Waals surface area contributed by atoms with Crippen molar-refractivity contribution in [2.24, 2.45) is 7.05 Å². The van der Waals surface area contributed by atoms with Gasteiger partial charge in [0.05, 0.1) is 10.5 Å². The SMILES string of the molecule is Cn1cnnc1CCNS(=O)(=O)c1cccc(C(=O)O)c1. The van der Waals surface area contributed by atoms with Crippen molar-refractivity contribution in [2.75, 3.05) is 6.54 Å². The number of aromatic carboxylic acids is 1. The topological polar surface area (TPSA) is 114 Å². The van der Waals surface area contributed by atoms with Gasteiger partial charge in [-0.1, -0.05) is 6.07 Å². The van der Waals surface area contributed by atoms with Crippen LogP contribution in [0.4, 0.5) is 0 Å². The number of benzene rings is 1. The average Bonchev–Trinajstić information content (AvgIpc) is 2.84. The number of aromatic nitrogens is 3. The normalized spacial score (nSPS) is 11.5. The maximum atomic E-state index is 12.1. The van der Waals surface area contributed by atoms with Crippen molar-refractivity contribution in [1.82, 2.24) is 19.5 Å². The van der Waals surface area contributed by atoms with Crippen molar-refractivity contribution in [3.8, 4) is 0 Å². The van der Waals surface area contributed by atoms with E-state index in [9.17, 15) is 13.2 Å². The number of hydrogen-bond donors (Lipinski definition) is 2. The summed E-state index contributed by atoms with van der Waals surface area (Å²) in [6.07, 6.45) is 1.91. The number of carbonyl (C=O) groups is 1. The molecule has 0 saturated carbocycles. The lowest BCUT2D eigenvalue weighted by atomic mass is 10.2. The van der Waals surface area contributed by atoms with E-state index in [1.807, 2.05) is 0 Å². The molecule has 1 heterocycles. The van der Waals surface area contributed by atoms with E-state index < -0.39 is 16.0 Å². The summed E-state index contributed by atoms with van der Waals surface area (Å²) in [5.74, 6) is -0.525. The Hall–Kier alpha value is -2.26. The molecule has 2 N–H and O–H groups in total. The van der Waals surface area contributed by atoms with Gasteiger partial charge in [-0.15, -0.1) is 10.2 Å². The first-order chi connectivity index (χ1) is 9.90. The molecule has 0 saturated heterocycles. The van der Waals surface area contributed by atoms with Crippen LogP contribution in [0.15, 0.2) is 35.5 Å². The molecule has 0 unspecified atom stereocenters. The molecule has 0 aliphatic rings. The van der Waals surface area contributed by atoms with E-state index in [2.05, 4.69) is 14.9 Å². The quantitative estimate of drug-likeness (QED) is 0.778. The summed E-state index contributed by atoms with van der Waals surface area (Å²) >= 11 is 0. The van der Waals surface area contributed by atoms with Crippen LogP contribution in [0.25, 0.3) is 0 Å². The summed E-state index contributed by atoms with van der Waals surface area (Å²) in [4.78, 5) is 10.8. The highest BCUT2D eigenvalue weighted by molar-refractivity contribution is 7.89. The summed E-state index contributed by atoms with van der Waals surface area (Å²) in [6.45, 7) is 0.145. The van der Waals surface area contributed by atoms with Crippen molar-refractivity contribution in [1.29, 1.82) is 0 Å². The zero-order valence-electron chi connectivity index (χ0n) is 11.2. The van der Waals surface area contributed by atoms with Crippen LogP contribution in [0, 0.1) is 0 Å². The van der Waals surface area contributed by atoms with E-state index in [0.717, 1.165) is 6.07 Å². The zero-order valence-corrected chi connectivity index (χ0v) is 12.0. The highest BCUT2D eigenvalue weighted by Gasteiger charge is 2.16. The lowest BCUT2D eigenvalue weighted by Crippen LogP contribution is -2.26. The molecule has 0 amide bonds. The van der Waals surface area contributed by atoms with Crippen LogP contribution >= 0.6 is 0 Å². The van der Waals surface area contributed by atoms with Gasteiger partial charge < -0.3 is 9.67 Å². The van der Waals surface area contributed by atoms with Crippen molar-refractivity contribution in [3.05, 3.63) is 42.0 Å². The summed E-state index contributed by atoms with van der Waals surface area (Å²) in [6, 6.07) is 5.19. The summed E-state index contributed by atoms with van der Waals surface area (Å²) in [5, 5.41) is 16.4. The van der Waals surface area contributed by atoms with Crippen LogP contribution in [0.5, 0.6) is 0 Å². The monoisotopic (exact) mass is 310 g/mol. The molecular formula is C12H14N4O4S. The number of nitrogens with zero attached hydrogens (tertiary/aromatic N) is 3. The molecule has 0 atom stereocenters. The van der Waals surface area contributed by atoms with E-state index in [4.69, 9.17) is 5.11 Å². The van der Waals surface area contributed by atoms with E-state index >= 15 is 0 Å². The maximum absolute atomic E-state index is 12.1. The van der Waals surface area contributed by atoms with Gasteiger partial charge >= 0.3 is 5.97 Å². The van der Waals surface area contributed by atoms with Crippen LogP contribution in [0.3, 0.4) is 0 Å². The first-order valence-corrected chi connectivity index (χ1v) is 7.54. The molecule has 0 aliphatic carbocycles. The number of carboxylic acids is 1. The number of sulfonamides is 1. The third kappa shape index (κ3) is 3.64. The molecule has 2 aromatic rings. The van der Waals surface area contributed by atoms with Crippen LogP contribution in [0.2, 0.25) is 0 Å². The van der Waals surface area contributed by atoms with Crippen LogP contribution in [-0.2, 0) is 23.5 Å². The molecule has 9 heteroatoms. The Kier molecular flexibility index (Phi) is 4.34. The third-order valence-electron chi connectivity index (χ3n) is 2.84. The molecule has 0 aliphatic heterocycles. The summed E-state index contributed by atoms with van der Waals surface area (Å²) in [5.41, 5.74) is -0.0776. The maximum Gasteiger partial charge on any atom is 0.335 e. The Morgan fingerprint density at radius 3 is 2.81 bits per heavy atom. The summed E-state index contributed by atoms with van der Waals surface area (Å²) < 4.78 is 28.2. The number of nitrogens with one attached hydrogen (secondary N) is 1. The average molecular weight is 310 g/mol. The minimum Gasteiger partial charge on any atom is -0.478 e. The Bertz CT molecular complexity index is 754. The fraction of sp³-hybridized carbons (Fsp3) is 0.250. The van der Waals surface area contributed by atoms with Gasteiger partial charge in [-0.3, -0.25) is 0 Å². The predicted molar refractivity (Wildman–Crippen MR) is 73.3 cm³/mol. The second-order valence-electron chi connectivity index (χ2n) is 4.34. The smallest absolute Gasteiger partial charge is 0.335 e. The summed E-state index contributed by atoms with van der Waals surface area (Å²) in [7, 11) is -1.99. The molecule has 0 radical (unpaired) electrons. The molecule has 0 spiro atoms. The largest absolute Gasteiger partial charge is 0.478 e. The standard InChI is InChI=1S/C12H14N4O4S/c1-16-8-13-15-11(16)5-6-14-21(19,20)10-4-2-3-9(7-10)12(17)18/h2-4,7-8,14H,5-6H2,1H3,(H,17,18). The van der Waals surface area contributed by atoms with Gasteiger partial charge in [0.1, 0.15) is 12.2 Å². The Balaban J connectivity index is 2.06. The zero-order chi connectivity index (χ0) is 15.5. The van der Waals surface area contributed by atoms with Gasteiger partial charge in [0, 0.05) is 20.0 Å². The second-order valence-corrected chi connectivity index (χ2v) is 6.11. The molecule has 112 valence electrons. The Morgan fingerprint density at radius 1 is 1.43 bits per heavy atom. The Labute approximate surface area is 121 Å².